The minimum atomic E-state index is -0.933. The van der Waals surface area contributed by atoms with Crippen LogP contribution >= 0.6 is 11.8 Å². The van der Waals surface area contributed by atoms with Crippen LogP contribution in [0.2, 0.25) is 0 Å². The van der Waals surface area contributed by atoms with E-state index in [0.29, 0.717) is 24.8 Å². The Bertz CT molecular complexity index is 307. The topological polar surface area (TPSA) is 78.9 Å². The molecule has 1 atom stereocenters. The molecule has 2 amide bonds. The van der Waals surface area contributed by atoms with Crippen molar-refractivity contribution in [2.24, 2.45) is 0 Å². The maximum absolute atomic E-state index is 11.9. The number of carboxylic acids is 1. The number of ether oxygens (including phenoxy) is 1. The van der Waals surface area contributed by atoms with Crippen LogP contribution in [0.1, 0.15) is 12.8 Å². The largest absolute Gasteiger partial charge is 0.480 e. The Kier molecular flexibility index (Phi) is 4.11. The molecule has 0 radical (unpaired) electrons. The molecule has 0 spiro atoms. The first-order chi connectivity index (χ1) is 8.18. The summed E-state index contributed by atoms with van der Waals surface area (Å²) >= 11 is 1.47. The van der Waals surface area contributed by atoms with Gasteiger partial charge in [-0.2, -0.15) is 0 Å². The zero-order valence-corrected chi connectivity index (χ0v) is 10.2. The number of carbonyl (C=O) groups excluding carboxylic acids is 1. The summed E-state index contributed by atoms with van der Waals surface area (Å²) < 4.78 is 5.20. The number of carboxylic acid groups (broad SMARTS) is 1. The summed E-state index contributed by atoms with van der Waals surface area (Å²) in [6, 6.07) is -0.856. The molecule has 2 heterocycles. The van der Waals surface area contributed by atoms with Gasteiger partial charge in [-0.15, -0.1) is 11.8 Å². The third-order valence-electron chi connectivity index (χ3n) is 2.98. The molecule has 2 saturated heterocycles. The summed E-state index contributed by atoms with van der Waals surface area (Å²) in [5, 5.41) is 11.9. The molecule has 0 saturated carbocycles. The van der Waals surface area contributed by atoms with Crippen molar-refractivity contribution in [2.45, 2.75) is 24.9 Å². The monoisotopic (exact) mass is 260 g/mol. The minimum Gasteiger partial charge on any atom is -0.480 e. The summed E-state index contributed by atoms with van der Waals surface area (Å²) in [5.41, 5.74) is 0. The van der Waals surface area contributed by atoms with E-state index < -0.39 is 12.0 Å². The number of thioether (sulfide) groups is 1. The average Bonchev–Trinajstić information content (AvgIpc) is 2.79. The highest BCUT2D eigenvalue weighted by Gasteiger charge is 2.35. The molecule has 0 bridgehead atoms. The smallest absolute Gasteiger partial charge is 0.327 e. The average molecular weight is 260 g/mol. The van der Waals surface area contributed by atoms with E-state index in [2.05, 4.69) is 5.32 Å². The molecule has 17 heavy (non-hydrogen) atoms. The summed E-state index contributed by atoms with van der Waals surface area (Å²) in [4.78, 5) is 24.3. The molecule has 96 valence electrons. The highest BCUT2D eigenvalue weighted by atomic mass is 32.2. The van der Waals surface area contributed by atoms with Crippen molar-refractivity contribution in [3.63, 3.8) is 0 Å². The van der Waals surface area contributed by atoms with E-state index in [-0.39, 0.29) is 12.1 Å². The van der Waals surface area contributed by atoms with E-state index >= 15 is 0 Å². The van der Waals surface area contributed by atoms with Gasteiger partial charge in [0.2, 0.25) is 0 Å². The van der Waals surface area contributed by atoms with Crippen LogP contribution in [-0.4, -0.2) is 58.9 Å². The SMILES string of the molecule is O=C(O)C1CSCN1C(=O)NC1CCOCC1. The van der Waals surface area contributed by atoms with Gasteiger partial charge in [-0.25, -0.2) is 9.59 Å². The molecule has 0 aromatic heterocycles. The number of nitrogens with one attached hydrogen (secondary N) is 1. The van der Waals surface area contributed by atoms with Gasteiger partial charge < -0.3 is 20.1 Å². The first-order valence-corrected chi connectivity index (χ1v) is 6.79. The second-order valence-corrected chi connectivity index (χ2v) is 5.16. The van der Waals surface area contributed by atoms with Crippen molar-refractivity contribution in [3.8, 4) is 0 Å². The van der Waals surface area contributed by atoms with Gasteiger partial charge in [-0.05, 0) is 12.8 Å². The lowest BCUT2D eigenvalue weighted by molar-refractivity contribution is -0.140. The molecule has 2 fully saturated rings. The number of urea groups is 1. The molecule has 1 unspecified atom stereocenters. The lowest BCUT2D eigenvalue weighted by Gasteiger charge is -2.27. The van der Waals surface area contributed by atoms with E-state index in [0.717, 1.165) is 12.8 Å². The van der Waals surface area contributed by atoms with Crippen molar-refractivity contribution in [3.05, 3.63) is 0 Å². The van der Waals surface area contributed by atoms with E-state index in [1.165, 1.54) is 16.7 Å². The van der Waals surface area contributed by atoms with E-state index in [1.54, 1.807) is 0 Å². The van der Waals surface area contributed by atoms with E-state index in [1.807, 2.05) is 0 Å². The molecular weight excluding hydrogens is 244 g/mol. The Balaban J connectivity index is 1.88. The van der Waals surface area contributed by atoms with Crippen molar-refractivity contribution in [2.75, 3.05) is 24.8 Å². The van der Waals surface area contributed by atoms with Crippen LogP contribution < -0.4 is 5.32 Å². The zero-order chi connectivity index (χ0) is 12.3. The van der Waals surface area contributed by atoms with Crippen LogP contribution in [0.3, 0.4) is 0 Å². The highest BCUT2D eigenvalue weighted by Crippen LogP contribution is 2.21. The summed E-state index contributed by atoms with van der Waals surface area (Å²) in [7, 11) is 0. The van der Waals surface area contributed by atoms with Crippen molar-refractivity contribution < 1.29 is 19.4 Å². The third kappa shape index (κ3) is 3.04. The molecule has 2 aliphatic heterocycles. The Morgan fingerprint density at radius 2 is 2.06 bits per heavy atom. The Labute approximate surface area is 104 Å². The number of aliphatic carboxylic acids is 1. The fourth-order valence-corrected chi connectivity index (χ4v) is 3.09. The van der Waals surface area contributed by atoms with Crippen molar-refractivity contribution >= 4 is 23.8 Å². The third-order valence-corrected chi connectivity index (χ3v) is 3.99. The fraction of sp³-hybridized carbons (Fsp3) is 0.800. The number of hydrogen-bond donors (Lipinski definition) is 2. The van der Waals surface area contributed by atoms with Gasteiger partial charge in [-0.1, -0.05) is 0 Å². The molecular formula is C10H16N2O4S. The van der Waals surface area contributed by atoms with Crippen molar-refractivity contribution in [1.29, 1.82) is 0 Å². The second-order valence-electron chi connectivity index (χ2n) is 4.16. The molecule has 2 rings (SSSR count). The number of carbonyl (C=O) groups is 2. The zero-order valence-electron chi connectivity index (χ0n) is 9.42. The first-order valence-electron chi connectivity index (χ1n) is 5.64. The van der Waals surface area contributed by atoms with Gasteiger partial charge >= 0.3 is 12.0 Å². The highest BCUT2D eigenvalue weighted by molar-refractivity contribution is 7.99. The standard InChI is InChI=1S/C10H16N2O4S/c13-9(14)8-5-17-6-12(8)10(15)11-7-1-3-16-4-2-7/h7-8H,1-6H2,(H,11,15)(H,13,14). The summed E-state index contributed by atoms with van der Waals surface area (Å²) in [5.74, 6) is -0.0140. The van der Waals surface area contributed by atoms with Crippen LogP contribution in [-0.2, 0) is 9.53 Å². The summed E-state index contributed by atoms with van der Waals surface area (Å²) in [6.07, 6.45) is 1.59. The molecule has 0 aromatic carbocycles. The molecule has 6 nitrogen and oxygen atoms in total. The van der Waals surface area contributed by atoms with Gasteiger partial charge in [-0.3, -0.25) is 0 Å². The maximum Gasteiger partial charge on any atom is 0.327 e. The van der Waals surface area contributed by atoms with Crippen LogP contribution in [0.25, 0.3) is 0 Å². The molecule has 2 aliphatic rings. The second kappa shape index (κ2) is 5.59. The Hall–Kier alpha value is -0.950. The Morgan fingerprint density at radius 1 is 1.35 bits per heavy atom. The lowest BCUT2D eigenvalue weighted by atomic mass is 10.1. The molecule has 0 aliphatic carbocycles. The van der Waals surface area contributed by atoms with Gasteiger partial charge in [0, 0.05) is 25.0 Å². The lowest BCUT2D eigenvalue weighted by Crippen LogP contribution is -2.50. The molecule has 7 heteroatoms. The Morgan fingerprint density at radius 3 is 2.71 bits per heavy atom. The predicted molar refractivity (Wildman–Crippen MR) is 63.0 cm³/mol. The fourth-order valence-electron chi connectivity index (χ4n) is 1.95. The first kappa shape index (κ1) is 12.5. The van der Waals surface area contributed by atoms with Gasteiger partial charge in [0.1, 0.15) is 6.04 Å². The minimum absolute atomic E-state index is 0.108. The maximum atomic E-state index is 11.9. The van der Waals surface area contributed by atoms with Gasteiger partial charge in [0.25, 0.3) is 0 Å². The van der Waals surface area contributed by atoms with Gasteiger partial charge in [0.05, 0.1) is 5.88 Å². The van der Waals surface area contributed by atoms with Crippen LogP contribution in [0.4, 0.5) is 4.79 Å². The quantitative estimate of drug-likeness (QED) is 0.748. The van der Waals surface area contributed by atoms with Crippen LogP contribution in [0.5, 0.6) is 0 Å². The number of nitrogens with zero attached hydrogens (tertiary/aromatic N) is 1. The van der Waals surface area contributed by atoms with Crippen LogP contribution in [0, 0.1) is 0 Å². The van der Waals surface area contributed by atoms with E-state index in [9.17, 15) is 9.59 Å². The normalized spacial score (nSPS) is 25.9. The number of amides is 2. The van der Waals surface area contributed by atoms with E-state index in [4.69, 9.17) is 9.84 Å². The summed E-state index contributed by atoms with van der Waals surface area (Å²) in [6.45, 7) is 1.31. The number of hydrogen-bond acceptors (Lipinski definition) is 4. The molecule has 0 aromatic rings. The van der Waals surface area contributed by atoms with Gasteiger partial charge in [0.15, 0.2) is 0 Å². The van der Waals surface area contributed by atoms with Crippen LogP contribution in [0.15, 0.2) is 0 Å². The molecule has 2 N–H and O–H groups in total. The van der Waals surface area contributed by atoms with Crippen molar-refractivity contribution in [1.82, 2.24) is 10.2 Å². The predicted octanol–water partition coefficient (Wildman–Crippen LogP) is 0.334. The number of rotatable bonds is 2.